The molecular weight excluding hydrogens is 223 g/mol. The zero-order chi connectivity index (χ0) is 12.4. The van der Waals surface area contributed by atoms with Crippen LogP contribution in [0.3, 0.4) is 0 Å². The summed E-state index contributed by atoms with van der Waals surface area (Å²) < 4.78 is 18.0. The summed E-state index contributed by atoms with van der Waals surface area (Å²) in [6.07, 6.45) is 0. The Hall–Kier alpha value is -1.62. The summed E-state index contributed by atoms with van der Waals surface area (Å²) in [6, 6.07) is 4.13. The summed E-state index contributed by atoms with van der Waals surface area (Å²) in [7, 11) is 1.38. The fraction of sp³-hybridized carbons (Fsp3) is 0.417. The lowest BCUT2D eigenvalue weighted by Crippen LogP contribution is -2.52. The van der Waals surface area contributed by atoms with E-state index in [9.17, 15) is 9.18 Å². The number of hydrogen-bond donors (Lipinski definition) is 1. The van der Waals surface area contributed by atoms with Crippen LogP contribution in [0.2, 0.25) is 0 Å². The molecule has 1 aromatic carbocycles. The van der Waals surface area contributed by atoms with Gasteiger partial charge >= 0.3 is 0 Å². The van der Waals surface area contributed by atoms with Gasteiger partial charge in [0.2, 0.25) is 0 Å². The second kappa shape index (κ2) is 4.71. The first-order valence-corrected chi connectivity index (χ1v) is 5.48. The summed E-state index contributed by atoms with van der Waals surface area (Å²) in [5.74, 6) is -0.0893. The SMILES string of the molecule is COc1cc(C(=O)N2CC(CN)C2)ccc1F. The first-order valence-electron chi connectivity index (χ1n) is 5.48. The normalized spacial score (nSPS) is 15.6. The molecule has 92 valence electrons. The number of carbonyl (C=O) groups excluding carboxylic acids is 1. The molecule has 1 fully saturated rings. The van der Waals surface area contributed by atoms with Crippen LogP contribution in [0.5, 0.6) is 5.75 Å². The Labute approximate surface area is 99.2 Å². The Bertz CT molecular complexity index is 431. The van der Waals surface area contributed by atoms with E-state index in [1.54, 1.807) is 4.90 Å². The van der Waals surface area contributed by atoms with Crippen LogP contribution in [-0.2, 0) is 0 Å². The van der Waals surface area contributed by atoms with Crippen molar-refractivity contribution in [2.24, 2.45) is 11.7 Å². The third kappa shape index (κ3) is 2.24. The Morgan fingerprint density at radius 3 is 2.88 bits per heavy atom. The van der Waals surface area contributed by atoms with Gasteiger partial charge in [-0.1, -0.05) is 0 Å². The maximum atomic E-state index is 13.2. The van der Waals surface area contributed by atoms with Crippen LogP contribution < -0.4 is 10.5 Å². The van der Waals surface area contributed by atoms with Gasteiger partial charge in [-0.3, -0.25) is 4.79 Å². The molecule has 0 unspecified atom stereocenters. The Kier molecular flexibility index (Phi) is 3.28. The summed E-state index contributed by atoms with van der Waals surface area (Å²) in [4.78, 5) is 13.7. The van der Waals surface area contributed by atoms with Gasteiger partial charge in [-0.2, -0.15) is 0 Å². The largest absolute Gasteiger partial charge is 0.494 e. The van der Waals surface area contributed by atoms with Crippen molar-refractivity contribution in [3.8, 4) is 5.75 Å². The van der Waals surface area contributed by atoms with Crippen molar-refractivity contribution in [1.82, 2.24) is 4.90 Å². The molecular formula is C12H15FN2O2. The Morgan fingerprint density at radius 2 is 2.29 bits per heavy atom. The topological polar surface area (TPSA) is 55.6 Å². The highest BCUT2D eigenvalue weighted by Crippen LogP contribution is 2.22. The second-order valence-corrected chi connectivity index (χ2v) is 4.16. The van der Waals surface area contributed by atoms with Gasteiger partial charge in [0, 0.05) is 24.6 Å². The zero-order valence-electron chi connectivity index (χ0n) is 9.65. The van der Waals surface area contributed by atoms with Crippen LogP contribution >= 0.6 is 0 Å². The molecule has 2 rings (SSSR count). The minimum atomic E-state index is -0.465. The predicted molar refractivity (Wildman–Crippen MR) is 61.4 cm³/mol. The van der Waals surface area contributed by atoms with Crippen LogP contribution in [0.1, 0.15) is 10.4 Å². The highest BCUT2D eigenvalue weighted by Gasteiger charge is 2.30. The summed E-state index contributed by atoms with van der Waals surface area (Å²) in [5, 5.41) is 0. The predicted octanol–water partition coefficient (Wildman–Crippen LogP) is 0.865. The number of benzene rings is 1. The zero-order valence-corrected chi connectivity index (χ0v) is 9.65. The van der Waals surface area contributed by atoms with Crippen molar-refractivity contribution in [2.45, 2.75) is 0 Å². The van der Waals surface area contributed by atoms with Gasteiger partial charge in [-0.05, 0) is 24.7 Å². The van der Waals surface area contributed by atoms with Gasteiger partial charge in [-0.25, -0.2) is 4.39 Å². The van der Waals surface area contributed by atoms with Gasteiger partial charge in [-0.15, -0.1) is 0 Å². The quantitative estimate of drug-likeness (QED) is 0.850. The van der Waals surface area contributed by atoms with Gasteiger partial charge in [0.15, 0.2) is 11.6 Å². The molecule has 0 radical (unpaired) electrons. The lowest BCUT2D eigenvalue weighted by molar-refractivity contribution is 0.0515. The van der Waals surface area contributed by atoms with Gasteiger partial charge in [0.1, 0.15) is 0 Å². The molecule has 1 amide bonds. The number of nitrogens with two attached hydrogens (primary N) is 1. The standard InChI is InChI=1S/C12H15FN2O2/c1-17-11-4-9(2-3-10(11)13)12(16)15-6-8(5-14)7-15/h2-4,8H,5-7,14H2,1H3. The van der Waals surface area contributed by atoms with Crippen molar-refractivity contribution in [1.29, 1.82) is 0 Å². The van der Waals surface area contributed by atoms with E-state index in [0.717, 1.165) is 0 Å². The summed E-state index contributed by atoms with van der Waals surface area (Å²) >= 11 is 0. The van der Waals surface area contributed by atoms with Gasteiger partial charge < -0.3 is 15.4 Å². The fourth-order valence-electron chi connectivity index (χ4n) is 1.86. The number of likely N-dealkylation sites (tertiary alicyclic amines) is 1. The Morgan fingerprint density at radius 1 is 1.59 bits per heavy atom. The van der Waals surface area contributed by atoms with E-state index in [-0.39, 0.29) is 11.7 Å². The maximum absolute atomic E-state index is 13.2. The Balaban J connectivity index is 2.10. The molecule has 1 aliphatic heterocycles. The van der Waals surface area contributed by atoms with Crippen LogP contribution in [0.15, 0.2) is 18.2 Å². The first kappa shape index (κ1) is 11.9. The van der Waals surface area contributed by atoms with E-state index in [1.807, 2.05) is 0 Å². The molecule has 0 atom stereocenters. The molecule has 4 nitrogen and oxygen atoms in total. The highest BCUT2D eigenvalue weighted by atomic mass is 19.1. The average molecular weight is 238 g/mol. The molecule has 2 N–H and O–H groups in total. The number of carbonyl (C=O) groups is 1. The third-order valence-corrected chi connectivity index (χ3v) is 2.98. The van der Waals surface area contributed by atoms with Crippen LogP contribution in [0.4, 0.5) is 4.39 Å². The smallest absolute Gasteiger partial charge is 0.254 e. The lowest BCUT2D eigenvalue weighted by atomic mass is 9.99. The molecule has 0 aromatic heterocycles. The van der Waals surface area contributed by atoms with Crippen LogP contribution in [0, 0.1) is 11.7 Å². The number of halogens is 1. The van der Waals surface area contributed by atoms with E-state index in [2.05, 4.69) is 0 Å². The minimum Gasteiger partial charge on any atom is -0.494 e. The second-order valence-electron chi connectivity index (χ2n) is 4.16. The molecule has 5 heteroatoms. The number of nitrogens with zero attached hydrogens (tertiary/aromatic N) is 1. The number of amides is 1. The van der Waals surface area contributed by atoms with Crippen molar-refractivity contribution < 1.29 is 13.9 Å². The van der Waals surface area contributed by atoms with Crippen molar-refractivity contribution in [3.05, 3.63) is 29.6 Å². The van der Waals surface area contributed by atoms with E-state index in [1.165, 1.54) is 25.3 Å². The lowest BCUT2D eigenvalue weighted by Gasteiger charge is -2.38. The molecule has 1 aliphatic rings. The number of hydrogen-bond acceptors (Lipinski definition) is 3. The average Bonchev–Trinajstić information content (AvgIpc) is 2.28. The number of ether oxygens (including phenoxy) is 1. The molecule has 0 saturated carbocycles. The maximum Gasteiger partial charge on any atom is 0.254 e. The fourth-order valence-corrected chi connectivity index (χ4v) is 1.86. The third-order valence-electron chi connectivity index (χ3n) is 2.98. The molecule has 0 spiro atoms. The monoisotopic (exact) mass is 238 g/mol. The molecule has 0 bridgehead atoms. The molecule has 1 heterocycles. The molecule has 17 heavy (non-hydrogen) atoms. The van der Waals surface area contributed by atoms with Crippen LogP contribution in [0.25, 0.3) is 0 Å². The molecule has 0 aliphatic carbocycles. The highest BCUT2D eigenvalue weighted by molar-refractivity contribution is 5.95. The molecule has 1 aromatic rings. The minimum absolute atomic E-state index is 0.0896. The van der Waals surface area contributed by atoms with E-state index >= 15 is 0 Å². The van der Waals surface area contributed by atoms with Crippen molar-refractivity contribution in [2.75, 3.05) is 26.7 Å². The summed E-state index contributed by atoms with van der Waals surface area (Å²) in [6.45, 7) is 1.95. The van der Waals surface area contributed by atoms with Gasteiger partial charge in [0.25, 0.3) is 5.91 Å². The van der Waals surface area contributed by atoms with E-state index in [4.69, 9.17) is 10.5 Å². The molecule has 1 saturated heterocycles. The van der Waals surface area contributed by atoms with Crippen molar-refractivity contribution in [3.63, 3.8) is 0 Å². The van der Waals surface area contributed by atoms with Gasteiger partial charge in [0.05, 0.1) is 7.11 Å². The number of rotatable bonds is 3. The number of methoxy groups -OCH3 is 1. The first-order chi connectivity index (χ1) is 8.15. The van der Waals surface area contributed by atoms with Crippen LogP contribution in [-0.4, -0.2) is 37.6 Å². The van der Waals surface area contributed by atoms with Crippen molar-refractivity contribution >= 4 is 5.91 Å². The summed E-state index contributed by atoms with van der Waals surface area (Å²) in [5.41, 5.74) is 5.94. The van der Waals surface area contributed by atoms with E-state index in [0.29, 0.717) is 31.1 Å². The van der Waals surface area contributed by atoms with E-state index < -0.39 is 5.82 Å².